The van der Waals surface area contributed by atoms with Crippen LogP contribution < -0.4 is 22.9 Å². The van der Waals surface area contributed by atoms with E-state index in [-0.39, 0.29) is 18.4 Å². The lowest BCUT2D eigenvalue weighted by atomic mass is 10.1. The van der Waals surface area contributed by atoms with E-state index < -0.39 is 5.79 Å². The highest BCUT2D eigenvalue weighted by atomic mass is 35.5. The van der Waals surface area contributed by atoms with Crippen molar-refractivity contribution < 1.29 is 0 Å². The lowest BCUT2D eigenvalue weighted by Gasteiger charge is -2.24. The van der Waals surface area contributed by atoms with E-state index in [0.717, 1.165) is 0 Å². The Morgan fingerprint density at radius 2 is 1.67 bits per heavy atom. The maximum atomic E-state index is 5.38. The summed E-state index contributed by atoms with van der Waals surface area (Å²) in [6.45, 7) is 1.88. The van der Waals surface area contributed by atoms with E-state index in [0.29, 0.717) is 6.42 Å². The molecule has 0 heterocycles. The van der Waals surface area contributed by atoms with Gasteiger partial charge in [0.1, 0.15) is 5.79 Å². The largest absolute Gasteiger partial charge is 0.324 e. The van der Waals surface area contributed by atoms with E-state index in [4.69, 9.17) is 22.9 Å². The first kappa shape index (κ1) is 11.9. The molecule has 0 aliphatic carbocycles. The van der Waals surface area contributed by atoms with Gasteiger partial charge in [0, 0.05) is 6.04 Å². The van der Waals surface area contributed by atoms with Crippen molar-refractivity contribution in [2.24, 2.45) is 22.9 Å². The average Bonchev–Trinajstić information content (AvgIpc) is 1.62. The number of halogens is 1. The third-order valence-electron chi connectivity index (χ3n) is 1.08. The summed E-state index contributed by atoms with van der Waals surface area (Å²) in [7, 11) is 0. The first-order valence-electron chi connectivity index (χ1n) is 2.60. The van der Waals surface area contributed by atoms with Crippen LogP contribution in [0.3, 0.4) is 0 Å². The van der Waals surface area contributed by atoms with Crippen molar-refractivity contribution in [2.75, 3.05) is 0 Å². The highest BCUT2D eigenvalue weighted by Gasteiger charge is 2.19. The maximum absolute atomic E-state index is 5.38. The number of hydrogen-bond acceptors (Lipinski definition) is 4. The average molecular weight is 155 g/mol. The summed E-state index contributed by atoms with van der Waals surface area (Å²) in [5.74, 6) is -1.21. The Morgan fingerprint density at radius 3 is 1.67 bits per heavy atom. The van der Waals surface area contributed by atoms with Gasteiger partial charge in [0.2, 0.25) is 0 Å². The minimum absolute atomic E-state index is 0. The Bertz CT molecular complexity index is 69.5. The van der Waals surface area contributed by atoms with Gasteiger partial charge in [-0.05, 0) is 6.42 Å². The van der Waals surface area contributed by atoms with Crippen molar-refractivity contribution in [3.05, 3.63) is 0 Å². The van der Waals surface area contributed by atoms with Crippen molar-refractivity contribution >= 4 is 12.4 Å². The Kier molecular flexibility index (Phi) is 5.31. The molecule has 1 unspecified atom stereocenters. The molecule has 0 aliphatic heterocycles. The molecule has 0 saturated heterocycles. The highest BCUT2D eigenvalue weighted by Crippen LogP contribution is 1.91. The predicted octanol–water partition coefficient (Wildman–Crippen LogP) is -1.32. The van der Waals surface area contributed by atoms with Crippen LogP contribution in [-0.2, 0) is 0 Å². The van der Waals surface area contributed by atoms with Crippen LogP contribution in [0.25, 0.3) is 0 Å². The molecule has 5 heteroatoms. The van der Waals surface area contributed by atoms with Gasteiger partial charge in [-0.3, -0.25) is 17.2 Å². The molecule has 0 spiro atoms. The molecule has 9 heavy (non-hydrogen) atoms. The maximum Gasteiger partial charge on any atom is 0.131 e. The molecule has 0 aromatic rings. The molecule has 0 amide bonds. The fourth-order valence-electron chi connectivity index (χ4n) is 0.354. The predicted molar refractivity (Wildman–Crippen MR) is 40.8 cm³/mol. The van der Waals surface area contributed by atoms with E-state index in [1.807, 2.05) is 6.92 Å². The monoisotopic (exact) mass is 154 g/mol. The second kappa shape index (κ2) is 4.03. The summed E-state index contributed by atoms with van der Waals surface area (Å²) in [6.07, 6.45) is 0.698. The van der Waals surface area contributed by atoms with E-state index in [9.17, 15) is 0 Å². The zero-order valence-electron chi connectivity index (χ0n) is 5.50. The fourth-order valence-corrected chi connectivity index (χ4v) is 0.354. The molecule has 8 N–H and O–H groups in total. The van der Waals surface area contributed by atoms with Gasteiger partial charge >= 0.3 is 0 Å². The summed E-state index contributed by atoms with van der Waals surface area (Å²) in [5, 5.41) is 0. The van der Waals surface area contributed by atoms with E-state index in [2.05, 4.69) is 0 Å². The zero-order valence-corrected chi connectivity index (χ0v) is 6.32. The van der Waals surface area contributed by atoms with Gasteiger partial charge < -0.3 is 5.73 Å². The van der Waals surface area contributed by atoms with Gasteiger partial charge in [-0.1, -0.05) is 6.92 Å². The normalized spacial score (nSPS) is 14.3. The van der Waals surface area contributed by atoms with Crippen LogP contribution in [0.4, 0.5) is 0 Å². The van der Waals surface area contributed by atoms with E-state index in [1.54, 1.807) is 0 Å². The van der Waals surface area contributed by atoms with Crippen LogP contribution in [0.1, 0.15) is 13.3 Å². The third-order valence-corrected chi connectivity index (χ3v) is 1.08. The fraction of sp³-hybridized carbons (Fsp3) is 1.00. The van der Waals surface area contributed by atoms with Gasteiger partial charge in [0.05, 0.1) is 0 Å². The van der Waals surface area contributed by atoms with Crippen molar-refractivity contribution in [1.82, 2.24) is 0 Å². The van der Waals surface area contributed by atoms with Crippen LogP contribution in [0.5, 0.6) is 0 Å². The Morgan fingerprint density at radius 1 is 1.33 bits per heavy atom. The first-order valence-corrected chi connectivity index (χ1v) is 2.60. The van der Waals surface area contributed by atoms with Crippen LogP contribution in [0.15, 0.2) is 0 Å². The molecule has 1 atom stereocenters. The van der Waals surface area contributed by atoms with E-state index in [1.165, 1.54) is 0 Å². The van der Waals surface area contributed by atoms with E-state index >= 15 is 0 Å². The minimum Gasteiger partial charge on any atom is -0.324 e. The molecular formula is C4H15ClN4. The quantitative estimate of drug-likeness (QED) is 0.370. The summed E-state index contributed by atoms with van der Waals surface area (Å²) >= 11 is 0. The second-order valence-electron chi connectivity index (χ2n) is 2.01. The SMILES string of the molecule is CCC(N)C(N)(N)N.Cl. The lowest BCUT2D eigenvalue weighted by molar-refractivity contribution is 0.359. The lowest BCUT2D eigenvalue weighted by Crippen LogP contribution is -2.68. The molecule has 0 fully saturated rings. The van der Waals surface area contributed by atoms with Gasteiger partial charge in [0.25, 0.3) is 0 Å². The minimum atomic E-state index is -1.21. The summed E-state index contributed by atoms with van der Waals surface area (Å²) < 4.78 is 0. The van der Waals surface area contributed by atoms with Gasteiger partial charge in [-0.2, -0.15) is 0 Å². The first-order chi connectivity index (χ1) is 3.48. The topological polar surface area (TPSA) is 104 Å². The van der Waals surface area contributed by atoms with Crippen LogP contribution in [-0.4, -0.2) is 11.8 Å². The van der Waals surface area contributed by atoms with Crippen molar-refractivity contribution in [3.8, 4) is 0 Å². The van der Waals surface area contributed by atoms with Crippen molar-refractivity contribution in [3.63, 3.8) is 0 Å². The molecule has 0 radical (unpaired) electrons. The highest BCUT2D eigenvalue weighted by molar-refractivity contribution is 5.85. The molecule has 0 saturated carbocycles. The standard InChI is InChI=1S/C4H14N4.ClH/c1-2-3(5)4(6,7)8;/h3H,2,5-8H2,1H3;1H. The third kappa shape index (κ3) is 4.62. The van der Waals surface area contributed by atoms with Crippen LogP contribution >= 0.6 is 12.4 Å². The Labute approximate surface area is 61.3 Å². The molecule has 58 valence electrons. The Hall–Kier alpha value is 0.130. The summed E-state index contributed by atoms with van der Waals surface area (Å²) in [5.41, 5.74) is 21.0. The zero-order chi connectivity index (χ0) is 6.78. The number of rotatable bonds is 2. The molecule has 4 nitrogen and oxygen atoms in total. The van der Waals surface area contributed by atoms with Crippen LogP contribution in [0.2, 0.25) is 0 Å². The molecule has 0 rings (SSSR count). The van der Waals surface area contributed by atoms with Gasteiger partial charge in [-0.25, -0.2) is 0 Å². The van der Waals surface area contributed by atoms with Crippen molar-refractivity contribution in [1.29, 1.82) is 0 Å². The number of nitrogens with two attached hydrogens (primary N) is 4. The number of hydrogen-bond donors (Lipinski definition) is 4. The molecule has 0 aliphatic rings. The Balaban J connectivity index is 0. The molecular weight excluding hydrogens is 140 g/mol. The molecule has 0 aromatic heterocycles. The second-order valence-corrected chi connectivity index (χ2v) is 2.01. The van der Waals surface area contributed by atoms with Gasteiger partial charge in [0.15, 0.2) is 0 Å². The summed E-state index contributed by atoms with van der Waals surface area (Å²) in [6, 6.07) is -0.317. The van der Waals surface area contributed by atoms with Gasteiger partial charge in [-0.15, -0.1) is 12.4 Å². The van der Waals surface area contributed by atoms with Crippen LogP contribution in [0, 0.1) is 0 Å². The summed E-state index contributed by atoms with van der Waals surface area (Å²) in [4.78, 5) is 0. The molecule has 0 bridgehead atoms. The smallest absolute Gasteiger partial charge is 0.131 e. The molecule has 0 aromatic carbocycles. The van der Waals surface area contributed by atoms with Crippen molar-refractivity contribution in [2.45, 2.75) is 25.2 Å².